The van der Waals surface area contributed by atoms with Crippen molar-refractivity contribution in [3.63, 3.8) is 0 Å². The quantitative estimate of drug-likeness (QED) is 0.623. The maximum absolute atomic E-state index is 12.1. The van der Waals surface area contributed by atoms with Crippen LogP contribution in [-0.2, 0) is 13.0 Å². The average molecular weight is 386 g/mol. The van der Waals surface area contributed by atoms with E-state index in [1.54, 1.807) is 23.0 Å². The molecular weight excluding hydrogens is 366 g/mol. The second-order valence-electron chi connectivity index (χ2n) is 6.00. The topological polar surface area (TPSA) is 68.2 Å². The zero-order chi connectivity index (χ0) is 19.8. The summed E-state index contributed by atoms with van der Waals surface area (Å²) in [5.41, 5.74) is 2.79. The van der Waals surface area contributed by atoms with Crippen LogP contribution in [0.2, 0.25) is 0 Å². The summed E-state index contributed by atoms with van der Waals surface area (Å²) in [6.45, 7) is -2.02. The molecule has 0 unspecified atom stereocenters. The molecule has 6 nitrogen and oxygen atoms in total. The molecule has 0 saturated heterocycles. The highest BCUT2D eigenvalue weighted by Crippen LogP contribution is 2.15. The van der Waals surface area contributed by atoms with E-state index in [2.05, 4.69) is 20.5 Å². The summed E-state index contributed by atoms with van der Waals surface area (Å²) >= 11 is 0. The van der Waals surface area contributed by atoms with Gasteiger partial charge in [-0.15, -0.1) is 0 Å². The van der Waals surface area contributed by atoms with Crippen molar-refractivity contribution < 1.29 is 18.3 Å². The van der Waals surface area contributed by atoms with Crippen molar-refractivity contribution in [3.8, 4) is 11.4 Å². The van der Waals surface area contributed by atoms with Crippen LogP contribution in [0.5, 0.6) is 5.75 Å². The van der Waals surface area contributed by atoms with Crippen LogP contribution in [0.3, 0.4) is 0 Å². The largest absolute Gasteiger partial charge is 0.435 e. The summed E-state index contributed by atoms with van der Waals surface area (Å²) < 4.78 is 30.3. The highest BCUT2D eigenvalue weighted by Gasteiger charge is 2.05. The molecule has 0 bridgehead atoms. The van der Waals surface area contributed by atoms with Gasteiger partial charge in [-0.05, 0) is 47.9 Å². The molecule has 0 aliphatic rings. The molecule has 0 atom stereocenters. The number of carbonyl (C=O) groups is 1. The molecule has 28 heavy (non-hydrogen) atoms. The van der Waals surface area contributed by atoms with Crippen molar-refractivity contribution >= 4 is 6.03 Å². The molecule has 0 saturated carbocycles. The van der Waals surface area contributed by atoms with E-state index in [9.17, 15) is 13.6 Å². The van der Waals surface area contributed by atoms with Crippen LogP contribution in [-0.4, -0.2) is 29.0 Å². The average Bonchev–Trinajstić information content (AvgIpc) is 3.22. The molecule has 0 radical (unpaired) electrons. The minimum Gasteiger partial charge on any atom is -0.435 e. The Morgan fingerprint density at radius 2 is 1.89 bits per heavy atom. The molecule has 1 aromatic heterocycles. The summed E-state index contributed by atoms with van der Waals surface area (Å²) in [5.74, 6) is 0.113. The number of hydrogen-bond donors (Lipinski definition) is 2. The van der Waals surface area contributed by atoms with Crippen LogP contribution in [0.1, 0.15) is 11.1 Å². The lowest BCUT2D eigenvalue weighted by atomic mass is 10.1. The van der Waals surface area contributed by atoms with Crippen LogP contribution in [0, 0.1) is 0 Å². The van der Waals surface area contributed by atoms with Crippen molar-refractivity contribution in [3.05, 3.63) is 78.1 Å². The molecule has 2 N–H and O–H groups in total. The molecule has 3 aromatic rings. The third-order valence-corrected chi connectivity index (χ3v) is 3.98. The summed E-state index contributed by atoms with van der Waals surface area (Å²) in [6, 6.07) is 15.6. The summed E-state index contributed by atoms with van der Waals surface area (Å²) in [7, 11) is 0. The Labute approximate surface area is 161 Å². The van der Waals surface area contributed by atoms with Crippen LogP contribution in [0.4, 0.5) is 13.6 Å². The zero-order valence-electron chi connectivity index (χ0n) is 15.0. The summed E-state index contributed by atoms with van der Waals surface area (Å²) in [4.78, 5) is 12.0. The highest BCUT2D eigenvalue weighted by atomic mass is 19.3. The molecule has 0 spiro atoms. The summed E-state index contributed by atoms with van der Waals surface area (Å²) in [6.07, 6.45) is 4.14. The number of nitrogens with one attached hydrogen (secondary N) is 2. The minimum atomic E-state index is -2.84. The first-order chi connectivity index (χ1) is 13.6. The fourth-order valence-electron chi connectivity index (χ4n) is 2.63. The van der Waals surface area contributed by atoms with Crippen LogP contribution in [0.15, 0.2) is 67.0 Å². The van der Waals surface area contributed by atoms with Gasteiger partial charge >= 0.3 is 12.6 Å². The zero-order valence-corrected chi connectivity index (χ0v) is 15.0. The number of aromatic nitrogens is 2. The third kappa shape index (κ3) is 5.80. The Bertz CT molecular complexity index is 883. The number of benzene rings is 2. The van der Waals surface area contributed by atoms with Gasteiger partial charge in [0.15, 0.2) is 0 Å². The van der Waals surface area contributed by atoms with E-state index in [4.69, 9.17) is 0 Å². The fraction of sp³-hybridized carbons (Fsp3) is 0.200. The smallest absolute Gasteiger partial charge is 0.387 e. The SMILES string of the molecule is O=C(NCCc1ccc(OC(F)F)cc1)NCc1cccc(-n2cccn2)c1. The lowest BCUT2D eigenvalue weighted by Crippen LogP contribution is -2.36. The first-order valence-electron chi connectivity index (χ1n) is 8.74. The van der Waals surface area contributed by atoms with E-state index >= 15 is 0 Å². The summed E-state index contributed by atoms with van der Waals surface area (Å²) in [5, 5.41) is 9.76. The number of rotatable bonds is 8. The molecule has 2 aromatic carbocycles. The lowest BCUT2D eigenvalue weighted by Gasteiger charge is -2.09. The number of ether oxygens (including phenoxy) is 1. The number of carbonyl (C=O) groups excluding carboxylic acids is 1. The Morgan fingerprint density at radius 1 is 1.07 bits per heavy atom. The second-order valence-corrected chi connectivity index (χ2v) is 6.00. The number of hydrogen-bond acceptors (Lipinski definition) is 3. The highest BCUT2D eigenvalue weighted by molar-refractivity contribution is 5.73. The maximum Gasteiger partial charge on any atom is 0.387 e. The van der Waals surface area contributed by atoms with Gasteiger partial charge in [0.05, 0.1) is 5.69 Å². The molecule has 0 aliphatic carbocycles. The van der Waals surface area contributed by atoms with Crippen molar-refractivity contribution in [2.24, 2.45) is 0 Å². The number of alkyl halides is 2. The fourth-order valence-corrected chi connectivity index (χ4v) is 2.63. The van der Waals surface area contributed by atoms with E-state index < -0.39 is 6.61 Å². The lowest BCUT2D eigenvalue weighted by molar-refractivity contribution is -0.0498. The van der Waals surface area contributed by atoms with Crippen molar-refractivity contribution in [1.82, 2.24) is 20.4 Å². The minimum absolute atomic E-state index is 0.113. The molecule has 3 rings (SSSR count). The standard InChI is InChI=1S/C20H20F2N4O2/c21-19(22)28-18-7-5-15(6-8-18)9-11-23-20(27)24-14-16-3-1-4-17(13-16)26-12-2-10-25-26/h1-8,10,12-13,19H,9,11,14H2,(H2,23,24,27). The monoisotopic (exact) mass is 386 g/mol. The van der Waals surface area contributed by atoms with Gasteiger partial charge in [-0.25, -0.2) is 9.48 Å². The van der Waals surface area contributed by atoms with E-state index in [0.717, 1.165) is 16.8 Å². The van der Waals surface area contributed by atoms with Gasteiger partial charge in [0.2, 0.25) is 0 Å². The Hall–Kier alpha value is -3.42. The molecule has 8 heteroatoms. The predicted molar refractivity (Wildman–Crippen MR) is 101 cm³/mol. The van der Waals surface area contributed by atoms with Gasteiger partial charge in [-0.2, -0.15) is 13.9 Å². The van der Waals surface area contributed by atoms with Gasteiger partial charge in [0.25, 0.3) is 0 Å². The second kappa shape index (κ2) is 9.50. The van der Waals surface area contributed by atoms with Gasteiger partial charge in [0.1, 0.15) is 5.75 Å². The molecule has 1 heterocycles. The number of urea groups is 1. The number of amides is 2. The predicted octanol–water partition coefficient (Wildman–Crippen LogP) is 3.52. The van der Waals surface area contributed by atoms with Gasteiger partial charge in [0, 0.05) is 25.5 Å². The van der Waals surface area contributed by atoms with Gasteiger partial charge in [-0.3, -0.25) is 0 Å². The van der Waals surface area contributed by atoms with Gasteiger partial charge < -0.3 is 15.4 Å². The van der Waals surface area contributed by atoms with Crippen LogP contribution < -0.4 is 15.4 Å². The number of nitrogens with zero attached hydrogens (tertiary/aromatic N) is 2. The Balaban J connectivity index is 1.41. The molecule has 0 aliphatic heterocycles. The number of halogens is 2. The van der Waals surface area contributed by atoms with E-state index in [1.165, 1.54) is 12.1 Å². The first kappa shape index (κ1) is 19.3. The normalized spacial score (nSPS) is 10.7. The molecule has 146 valence electrons. The molecule has 2 amide bonds. The van der Waals surface area contributed by atoms with Crippen molar-refractivity contribution in [1.29, 1.82) is 0 Å². The third-order valence-electron chi connectivity index (χ3n) is 3.98. The van der Waals surface area contributed by atoms with Crippen LogP contribution >= 0.6 is 0 Å². The van der Waals surface area contributed by atoms with Crippen molar-refractivity contribution in [2.45, 2.75) is 19.6 Å². The van der Waals surface area contributed by atoms with Crippen molar-refractivity contribution in [2.75, 3.05) is 6.54 Å². The molecule has 0 fully saturated rings. The van der Waals surface area contributed by atoms with E-state index in [-0.39, 0.29) is 11.8 Å². The van der Waals surface area contributed by atoms with E-state index in [1.807, 2.05) is 36.5 Å². The first-order valence-corrected chi connectivity index (χ1v) is 8.74. The van der Waals surface area contributed by atoms with E-state index in [0.29, 0.717) is 19.5 Å². The van der Waals surface area contributed by atoms with Crippen LogP contribution in [0.25, 0.3) is 5.69 Å². The maximum atomic E-state index is 12.1. The molecular formula is C20H20F2N4O2. The Kier molecular flexibility index (Phi) is 6.56. The van der Waals surface area contributed by atoms with Gasteiger partial charge in [-0.1, -0.05) is 24.3 Å². The Morgan fingerprint density at radius 3 is 2.61 bits per heavy atom.